The first kappa shape index (κ1) is 11.4. The normalized spacial score (nSPS) is 17.5. The van der Waals surface area contributed by atoms with E-state index in [9.17, 15) is 15.0 Å². The van der Waals surface area contributed by atoms with Gasteiger partial charge in [-0.25, -0.2) is 4.79 Å². The minimum absolute atomic E-state index is 0.0781. The fourth-order valence-corrected chi connectivity index (χ4v) is 2.40. The first-order valence-electron chi connectivity index (χ1n) is 5.37. The zero-order valence-electron chi connectivity index (χ0n) is 9.54. The van der Waals surface area contributed by atoms with E-state index in [2.05, 4.69) is 0 Å². The SMILES string of the molecule is Cc1oc(=O)c(C)c2c1CC(CO)(CO)C2. The second-order valence-electron chi connectivity index (χ2n) is 4.70. The van der Waals surface area contributed by atoms with Gasteiger partial charge >= 0.3 is 5.63 Å². The molecule has 0 unspecified atom stereocenters. The number of rotatable bonds is 2. The summed E-state index contributed by atoms with van der Waals surface area (Å²) in [5.74, 6) is 0.606. The molecule has 0 atom stereocenters. The topological polar surface area (TPSA) is 70.7 Å². The quantitative estimate of drug-likeness (QED) is 0.759. The van der Waals surface area contributed by atoms with Crippen molar-refractivity contribution >= 4 is 0 Å². The Bertz CT molecular complexity index is 469. The zero-order valence-corrected chi connectivity index (χ0v) is 9.54. The third kappa shape index (κ3) is 1.49. The molecule has 0 saturated heterocycles. The van der Waals surface area contributed by atoms with Crippen LogP contribution < -0.4 is 5.63 Å². The molecule has 0 radical (unpaired) electrons. The van der Waals surface area contributed by atoms with Crippen LogP contribution in [-0.2, 0) is 12.8 Å². The number of aryl methyl sites for hydroxylation is 1. The molecule has 0 bridgehead atoms. The molecule has 0 aromatic carbocycles. The van der Waals surface area contributed by atoms with Gasteiger partial charge < -0.3 is 14.6 Å². The summed E-state index contributed by atoms with van der Waals surface area (Å²) in [6.07, 6.45) is 1.12. The second-order valence-corrected chi connectivity index (χ2v) is 4.70. The van der Waals surface area contributed by atoms with Gasteiger partial charge in [-0.3, -0.25) is 0 Å². The maximum atomic E-state index is 11.5. The Morgan fingerprint density at radius 3 is 2.31 bits per heavy atom. The average Bonchev–Trinajstić information content (AvgIpc) is 2.67. The van der Waals surface area contributed by atoms with Crippen LogP contribution in [0.2, 0.25) is 0 Å². The van der Waals surface area contributed by atoms with Crippen LogP contribution in [0.4, 0.5) is 0 Å². The summed E-state index contributed by atoms with van der Waals surface area (Å²) in [4.78, 5) is 11.5. The molecule has 1 heterocycles. The molecular weight excluding hydrogens is 208 g/mol. The van der Waals surface area contributed by atoms with Crippen LogP contribution in [0, 0.1) is 19.3 Å². The van der Waals surface area contributed by atoms with Crippen molar-refractivity contribution in [2.45, 2.75) is 26.7 Å². The first-order valence-corrected chi connectivity index (χ1v) is 5.37. The van der Waals surface area contributed by atoms with Crippen molar-refractivity contribution in [2.24, 2.45) is 5.41 Å². The van der Waals surface area contributed by atoms with E-state index in [4.69, 9.17) is 4.42 Å². The summed E-state index contributed by atoms with van der Waals surface area (Å²) in [6.45, 7) is 3.33. The predicted octanol–water partition coefficient (Wildman–Crippen LogP) is 0.326. The lowest BCUT2D eigenvalue weighted by molar-refractivity contribution is 0.0632. The van der Waals surface area contributed by atoms with E-state index < -0.39 is 5.41 Å². The van der Waals surface area contributed by atoms with Gasteiger partial charge in [0.05, 0.1) is 13.2 Å². The maximum Gasteiger partial charge on any atom is 0.339 e. The van der Waals surface area contributed by atoms with E-state index in [0.717, 1.165) is 11.1 Å². The molecule has 4 nitrogen and oxygen atoms in total. The molecule has 0 saturated carbocycles. The van der Waals surface area contributed by atoms with Crippen LogP contribution in [0.5, 0.6) is 0 Å². The smallest absolute Gasteiger partial charge is 0.339 e. The van der Waals surface area contributed by atoms with Crippen LogP contribution in [0.15, 0.2) is 9.21 Å². The Kier molecular flexibility index (Phi) is 2.64. The van der Waals surface area contributed by atoms with E-state index in [-0.39, 0.29) is 18.8 Å². The lowest BCUT2D eigenvalue weighted by Crippen LogP contribution is -2.30. The molecule has 1 aromatic rings. The van der Waals surface area contributed by atoms with Gasteiger partial charge in [-0.1, -0.05) is 0 Å². The highest BCUT2D eigenvalue weighted by atomic mass is 16.4. The largest absolute Gasteiger partial charge is 0.428 e. The second kappa shape index (κ2) is 3.71. The lowest BCUT2D eigenvalue weighted by Gasteiger charge is -2.22. The van der Waals surface area contributed by atoms with Gasteiger partial charge in [0.2, 0.25) is 0 Å². The molecule has 1 aliphatic carbocycles. The Morgan fingerprint density at radius 2 is 1.75 bits per heavy atom. The summed E-state index contributed by atoms with van der Waals surface area (Å²) in [5.41, 5.74) is 1.67. The minimum atomic E-state index is -0.527. The van der Waals surface area contributed by atoms with Crippen molar-refractivity contribution in [1.29, 1.82) is 0 Å². The summed E-state index contributed by atoms with van der Waals surface area (Å²) < 4.78 is 5.11. The van der Waals surface area contributed by atoms with Crippen LogP contribution in [0.1, 0.15) is 22.5 Å². The van der Waals surface area contributed by atoms with Gasteiger partial charge in [0.25, 0.3) is 0 Å². The first-order chi connectivity index (χ1) is 7.53. The summed E-state index contributed by atoms with van der Waals surface area (Å²) in [7, 11) is 0. The Labute approximate surface area is 93.5 Å². The van der Waals surface area contributed by atoms with Crippen molar-refractivity contribution < 1.29 is 14.6 Å². The van der Waals surface area contributed by atoms with Crippen molar-refractivity contribution in [3.05, 3.63) is 32.9 Å². The molecule has 0 fully saturated rings. The van der Waals surface area contributed by atoms with Crippen molar-refractivity contribution in [3.8, 4) is 0 Å². The fraction of sp³-hybridized carbons (Fsp3) is 0.583. The molecular formula is C12H16O4. The Hall–Kier alpha value is -1.13. The standard InChI is InChI=1S/C12H16O4/c1-7-9-3-12(5-13,6-14)4-10(9)8(2)16-11(7)15/h13-14H,3-6H2,1-2H3. The van der Waals surface area contributed by atoms with Crippen LogP contribution in [-0.4, -0.2) is 23.4 Å². The lowest BCUT2D eigenvalue weighted by atomic mass is 9.86. The molecule has 0 spiro atoms. The number of fused-ring (bicyclic) bond motifs is 1. The number of aliphatic hydroxyl groups excluding tert-OH is 2. The number of hydrogen-bond donors (Lipinski definition) is 2. The third-order valence-corrected chi connectivity index (χ3v) is 3.57. The van der Waals surface area contributed by atoms with E-state index in [1.54, 1.807) is 13.8 Å². The Morgan fingerprint density at radius 1 is 1.19 bits per heavy atom. The van der Waals surface area contributed by atoms with Gasteiger partial charge in [-0.2, -0.15) is 0 Å². The molecule has 2 rings (SSSR count). The van der Waals surface area contributed by atoms with E-state index in [1.807, 2.05) is 0 Å². The highest BCUT2D eigenvalue weighted by molar-refractivity contribution is 5.40. The van der Waals surface area contributed by atoms with E-state index in [0.29, 0.717) is 24.2 Å². The summed E-state index contributed by atoms with van der Waals surface area (Å²) in [6, 6.07) is 0. The monoisotopic (exact) mass is 224 g/mol. The molecule has 1 aromatic heterocycles. The van der Waals surface area contributed by atoms with Crippen molar-refractivity contribution in [3.63, 3.8) is 0 Å². The average molecular weight is 224 g/mol. The van der Waals surface area contributed by atoms with Crippen molar-refractivity contribution in [2.75, 3.05) is 13.2 Å². The molecule has 2 N–H and O–H groups in total. The maximum absolute atomic E-state index is 11.5. The molecule has 1 aliphatic rings. The van der Waals surface area contributed by atoms with E-state index in [1.165, 1.54) is 0 Å². The van der Waals surface area contributed by atoms with Crippen LogP contribution in [0.25, 0.3) is 0 Å². The predicted molar refractivity (Wildman–Crippen MR) is 58.5 cm³/mol. The van der Waals surface area contributed by atoms with Crippen LogP contribution in [0.3, 0.4) is 0 Å². The van der Waals surface area contributed by atoms with Gasteiger partial charge in [-0.05, 0) is 37.8 Å². The number of hydrogen-bond acceptors (Lipinski definition) is 4. The van der Waals surface area contributed by atoms with Gasteiger partial charge in [0, 0.05) is 11.0 Å². The van der Waals surface area contributed by atoms with Gasteiger partial charge in [0.1, 0.15) is 5.76 Å². The Balaban J connectivity index is 2.56. The van der Waals surface area contributed by atoms with Gasteiger partial charge in [-0.15, -0.1) is 0 Å². The molecule has 88 valence electrons. The summed E-state index contributed by atoms with van der Waals surface area (Å²) >= 11 is 0. The fourth-order valence-electron chi connectivity index (χ4n) is 2.40. The third-order valence-electron chi connectivity index (χ3n) is 3.57. The summed E-state index contributed by atoms with van der Waals surface area (Å²) in [5, 5.41) is 18.7. The minimum Gasteiger partial charge on any atom is -0.428 e. The molecule has 16 heavy (non-hydrogen) atoms. The molecule has 0 amide bonds. The zero-order chi connectivity index (χ0) is 11.9. The van der Waals surface area contributed by atoms with Crippen LogP contribution >= 0.6 is 0 Å². The highest BCUT2D eigenvalue weighted by Crippen LogP contribution is 2.38. The molecule has 0 aliphatic heterocycles. The van der Waals surface area contributed by atoms with Crippen molar-refractivity contribution in [1.82, 2.24) is 0 Å². The highest BCUT2D eigenvalue weighted by Gasteiger charge is 2.39. The molecule has 4 heteroatoms. The number of aliphatic hydroxyl groups is 2. The van der Waals surface area contributed by atoms with E-state index >= 15 is 0 Å². The van der Waals surface area contributed by atoms with Gasteiger partial charge in [0.15, 0.2) is 0 Å².